The Morgan fingerprint density at radius 2 is 1.42 bits per heavy atom. The van der Waals surface area contributed by atoms with Crippen molar-refractivity contribution in [3.05, 3.63) is 30.1 Å². The second-order valence-electron chi connectivity index (χ2n) is 4.64. The number of nitrogens with zero attached hydrogens (tertiary/aromatic N) is 3. The van der Waals surface area contributed by atoms with Crippen molar-refractivity contribution in [3.63, 3.8) is 0 Å². The van der Waals surface area contributed by atoms with Crippen molar-refractivity contribution in [2.24, 2.45) is 0 Å². The van der Waals surface area contributed by atoms with Crippen LogP contribution in [0.4, 0.5) is 42.4 Å². The molecule has 2 rings (SSSR count). The summed E-state index contributed by atoms with van der Waals surface area (Å²) in [5.41, 5.74) is 0.203. The van der Waals surface area contributed by atoms with Crippen LogP contribution in [-0.2, 0) is 0 Å². The zero-order chi connectivity index (χ0) is 19.5. The third kappa shape index (κ3) is 5.07. The molecule has 6 nitrogen and oxygen atoms in total. The molecular weight excluding hydrogens is 377 g/mol. The van der Waals surface area contributed by atoms with Crippen LogP contribution in [0.15, 0.2) is 24.3 Å². The summed E-state index contributed by atoms with van der Waals surface area (Å²) in [5.74, 6) is -1.03. The van der Waals surface area contributed by atoms with Crippen LogP contribution in [0.5, 0.6) is 12.0 Å². The van der Waals surface area contributed by atoms with E-state index in [2.05, 4.69) is 29.7 Å². The molecule has 0 radical (unpaired) electrons. The standard InChI is InChI=1S/C13H9F7N4O2/c1-25-10-22-9(21-7-4-2-6(14)3-5-7)23-11(24-10)26-8(12(15,16)17)13(18,19)20/h2-5,8H,1H3,(H,21,22,23,24). The van der Waals surface area contributed by atoms with Crippen molar-refractivity contribution in [2.45, 2.75) is 18.5 Å². The van der Waals surface area contributed by atoms with Gasteiger partial charge in [-0.15, -0.1) is 4.98 Å². The van der Waals surface area contributed by atoms with Crippen LogP contribution >= 0.6 is 0 Å². The van der Waals surface area contributed by atoms with Crippen LogP contribution in [0.1, 0.15) is 0 Å². The lowest BCUT2D eigenvalue weighted by Crippen LogP contribution is -2.46. The van der Waals surface area contributed by atoms with Gasteiger partial charge in [0.05, 0.1) is 7.11 Å². The molecule has 1 aromatic carbocycles. The molecule has 26 heavy (non-hydrogen) atoms. The average Bonchev–Trinajstić information content (AvgIpc) is 2.52. The van der Waals surface area contributed by atoms with E-state index in [9.17, 15) is 30.7 Å². The molecule has 0 fully saturated rings. The minimum absolute atomic E-state index is 0.203. The number of ether oxygens (including phenoxy) is 2. The fourth-order valence-electron chi connectivity index (χ4n) is 1.62. The molecule has 1 aromatic heterocycles. The van der Waals surface area contributed by atoms with E-state index in [-0.39, 0.29) is 5.69 Å². The Labute approximate surface area is 141 Å². The van der Waals surface area contributed by atoms with Gasteiger partial charge in [-0.2, -0.15) is 36.3 Å². The van der Waals surface area contributed by atoms with E-state index in [4.69, 9.17) is 0 Å². The number of hydrogen-bond acceptors (Lipinski definition) is 6. The summed E-state index contributed by atoms with van der Waals surface area (Å²) >= 11 is 0. The number of aromatic nitrogens is 3. The monoisotopic (exact) mass is 386 g/mol. The number of methoxy groups -OCH3 is 1. The fraction of sp³-hybridized carbons (Fsp3) is 0.308. The molecular formula is C13H9F7N4O2. The quantitative estimate of drug-likeness (QED) is 0.792. The number of hydrogen-bond donors (Lipinski definition) is 1. The van der Waals surface area contributed by atoms with E-state index in [1.165, 1.54) is 12.1 Å². The van der Waals surface area contributed by atoms with Crippen LogP contribution in [-0.4, -0.2) is 40.5 Å². The molecule has 0 aliphatic rings. The molecule has 0 saturated heterocycles. The highest BCUT2D eigenvalue weighted by atomic mass is 19.4. The molecule has 0 spiro atoms. The molecule has 0 aliphatic heterocycles. The zero-order valence-corrected chi connectivity index (χ0v) is 12.7. The Morgan fingerprint density at radius 1 is 0.885 bits per heavy atom. The minimum Gasteiger partial charge on any atom is -0.467 e. The largest absolute Gasteiger partial charge is 0.467 e. The van der Waals surface area contributed by atoms with Crippen molar-refractivity contribution in [3.8, 4) is 12.0 Å². The summed E-state index contributed by atoms with van der Waals surface area (Å²) in [5, 5.41) is 2.45. The maximum atomic E-state index is 12.9. The molecule has 0 bridgehead atoms. The summed E-state index contributed by atoms with van der Waals surface area (Å²) in [6, 6.07) is 2.73. The second-order valence-corrected chi connectivity index (χ2v) is 4.64. The first kappa shape index (κ1) is 19.5. The maximum Gasteiger partial charge on any atom is 0.434 e. The maximum absolute atomic E-state index is 12.9. The second kappa shape index (κ2) is 7.17. The Morgan fingerprint density at radius 3 is 1.92 bits per heavy atom. The van der Waals surface area contributed by atoms with Gasteiger partial charge >= 0.3 is 24.4 Å². The van der Waals surface area contributed by atoms with Gasteiger partial charge in [-0.05, 0) is 24.3 Å². The lowest BCUT2D eigenvalue weighted by molar-refractivity contribution is -0.301. The molecule has 0 atom stereocenters. The lowest BCUT2D eigenvalue weighted by atomic mass is 10.3. The van der Waals surface area contributed by atoms with Crippen molar-refractivity contribution < 1.29 is 40.2 Å². The molecule has 1 N–H and O–H groups in total. The van der Waals surface area contributed by atoms with Crippen LogP contribution < -0.4 is 14.8 Å². The van der Waals surface area contributed by atoms with E-state index in [1.54, 1.807) is 0 Å². The highest BCUT2D eigenvalue weighted by Gasteiger charge is 2.59. The Kier molecular flexibility index (Phi) is 5.37. The van der Waals surface area contributed by atoms with E-state index >= 15 is 0 Å². The Hall–Kier alpha value is -2.86. The molecule has 1 heterocycles. The first-order valence-corrected chi connectivity index (χ1v) is 6.62. The van der Waals surface area contributed by atoms with E-state index in [0.29, 0.717) is 0 Å². The number of halogens is 7. The molecule has 0 saturated carbocycles. The van der Waals surface area contributed by atoms with Gasteiger partial charge in [-0.3, -0.25) is 0 Å². The van der Waals surface area contributed by atoms with Crippen molar-refractivity contribution >= 4 is 11.6 Å². The van der Waals surface area contributed by atoms with Crippen molar-refractivity contribution in [1.29, 1.82) is 0 Å². The third-order valence-electron chi connectivity index (χ3n) is 2.70. The molecule has 2 aromatic rings. The summed E-state index contributed by atoms with van der Waals surface area (Å²) in [6.45, 7) is 0. The van der Waals surface area contributed by atoms with Crippen molar-refractivity contribution in [1.82, 2.24) is 15.0 Å². The highest BCUT2D eigenvalue weighted by molar-refractivity contribution is 5.53. The van der Waals surface area contributed by atoms with Gasteiger partial charge in [0.2, 0.25) is 5.95 Å². The van der Waals surface area contributed by atoms with Gasteiger partial charge in [0.1, 0.15) is 5.82 Å². The predicted octanol–water partition coefficient (Wildman–Crippen LogP) is 3.63. The van der Waals surface area contributed by atoms with Gasteiger partial charge in [-0.25, -0.2) is 4.39 Å². The van der Waals surface area contributed by atoms with Crippen LogP contribution in [0.2, 0.25) is 0 Å². The summed E-state index contributed by atoms with van der Waals surface area (Å²) in [7, 11) is 1.03. The topological polar surface area (TPSA) is 69.2 Å². The smallest absolute Gasteiger partial charge is 0.434 e. The summed E-state index contributed by atoms with van der Waals surface area (Å²) in [6.07, 6.45) is -15.6. The minimum atomic E-state index is -5.75. The van der Waals surface area contributed by atoms with Crippen molar-refractivity contribution in [2.75, 3.05) is 12.4 Å². The number of alkyl halides is 6. The molecule has 13 heteroatoms. The first-order valence-electron chi connectivity index (χ1n) is 6.62. The van der Waals surface area contributed by atoms with Gasteiger partial charge < -0.3 is 14.8 Å². The van der Waals surface area contributed by atoms with Gasteiger partial charge in [-0.1, -0.05) is 0 Å². The van der Waals surface area contributed by atoms with Crippen LogP contribution in [0.3, 0.4) is 0 Å². The lowest BCUT2D eigenvalue weighted by Gasteiger charge is -2.22. The number of nitrogens with one attached hydrogen (secondary N) is 1. The van der Waals surface area contributed by atoms with Crippen LogP contribution in [0, 0.1) is 5.82 Å². The number of anilines is 2. The third-order valence-corrected chi connectivity index (χ3v) is 2.70. The zero-order valence-electron chi connectivity index (χ0n) is 12.7. The summed E-state index contributed by atoms with van der Waals surface area (Å²) in [4.78, 5) is 10.2. The number of benzene rings is 1. The molecule has 142 valence electrons. The molecule has 0 amide bonds. The van der Waals surface area contributed by atoms with E-state index < -0.39 is 42.2 Å². The molecule has 0 unspecified atom stereocenters. The normalized spacial score (nSPS) is 12.2. The van der Waals surface area contributed by atoms with E-state index in [1.807, 2.05) is 0 Å². The van der Waals surface area contributed by atoms with Gasteiger partial charge in [0.15, 0.2) is 0 Å². The number of rotatable bonds is 5. The highest BCUT2D eigenvalue weighted by Crippen LogP contribution is 2.36. The van der Waals surface area contributed by atoms with E-state index in [0.717, 1.165) is 19.2 Å². The SMILES string of the molecule is COc1nc(Nc2ccc(F)cc2)nc(OC(C(F)(F)F)C(F)(F)F)n1. The van der Waals surface area contributed by atoms with Gasteiger partial charge in [0.25, 0.3) is 6.10 Å². The summed E-state index contributed by atoms with van der Waals surface area (Å²) < 4.78 is 96.8. The predicted molar refractivity (Wildman–Crippen MR) is 72.6 cm³/mol. The Bertz CT molecular complexity index is 736. The Balaban J connectivity index is 2.32. The average molecular weight is 386 g/mol. The fourth-order valence-corrected chi connectivity index (χ4v) is 1.62. The van der Waals surface area contributed by atoms with Crippen LogP contribution in [0.25, 0.3) is 0 Å². The first-order chi connectivity index (χ1) is 12.0. The molecule has 0 aliphatic carbocycles. The van der Waals surface area contributed by atoms with Gasteiger partial charge in [0, 0.05) is 5.69 Å².